The van der Waals surface area contributed by atoms with Crippen molar-refractivity contribution >= 4 is 119 Å². The molecule has 118 heavy (non-hydrogen) atoms. The fourth-order valence-electron chi connectivity index (χ4n) is 14.0. The van der Waals surface area contributed by atoms with E-state index in [0.717, 1.165) is 167 Å². The summed E-state index contributed by atoms with van der Waals surface area (Å²) in [6.07, 6.45) is 50.3. The van der Waals surface area contributed by atoms with Crippen LogP contribution in [-0.4, -0.2) is 268 Å². The van der Waals surface area contributed by atoms with Crippen molar-refractivity contribution in [3.63, 3.8) is 0 Å². The fraction of sp³-hybridized carbons (Fsp3) is 0.946. The third-order valence-corrected chi connectivity index (χ3v) is 20.8. The number of carbonyl (C=O) groups excluding carboxylic acids is 5. The van der Waals surface area contributed by atoms with E-state index in [4.69, 9.17) is 41.0 Å². The predicted octanol–water partition coefficient (Wildman–Crippen LogP) is 20.2. The summed E-state index contributed by atoms with van der Waals surface area (Å²) in [7, 11) is 4.24. The number of alkyl carbamates (subject to hydrolysis) is 1. The Morgan fingerprint density at radius 3 is 1.04 bits per heavy atom. The largest absolute Gasteiger partial charge is 0.519 e. The third kappa shape index (κ3) is 93.0. The molecule has 1 amide bonds. The smallest absolute Gasteiger partial charge is 0.465 e. The van der Waals surface area contributed by atoms with Crippen LogP contribution in [0.4, 0.5) is 14.4 Å². The van der Waals surface area contributed by atoms with Crippen molar-refractivity contribution in [3.8, 4) is 0 Å². The maximum Gasteiger partial charge on any atom is 0.519 e. The van der Waals surface area contributed by atoms with Crippen LogP contribution in [-0.2, 0) is 38.0 Å². The van der Waals surface area contributed by atoms with Crippen molar-refractivity contribution in [3.05, 3.63) is 0 Å². The number of nitrogens with zero attached hydrogens (tertiary/aromatic N) is 2. The molecule has 8 radical (unpaired) electrons. The molecule has 698 valence electrons. The second-order valence-electron chi connectivity index (χ2n) is 34.9. The Morgan fingerprint density at radius 1 is 0.441 bits per heavy atom. The van der Waals surface area contributed by atoms with Gasteiger partial charge in [-0.3, -0.25) is 9.59 Å². The maximum atomic E-state index is 12.8. The molecular formula is C93H198Al4LiN5O15. The third-order valence-electron chi connectivity index (χ3n) is 20.8. The number of aliphatic hydroxyl groups is 4. The zero-order valence-corrected chi connectivity index (χ0v) is 84.3. The topological polar surface area (TPSA) is 278 Å². The van der Waals surface area contributed by atoms with Crippen LogP contribution in [0.1, 0.15) is 443 Å². The van der Waals surface area contributed by atoms with E-state index in [0.29, 0.717) is 62.9 Å². The van der Waals surface area contributed by atoms with Gasteiger partial charge in [-0.2, -0.15) is 0 Å². The van der Waals surface area contributed by atoms with Crippen molar-refractivity contribution in [1.82, 2.24) is 20.4 Å². The average molecular weight is 1740 g/mol. The molecule has 20 nitrogen and oxygen atoms in total. The summed E-state index contributed by atoms with van der Waals surface area (Å²) in [5, 5.41) is 43.4. The van der Waals surface area contributed by atoms with Gasteiger partial charge in [-0.25, -0.2) is 14.4 Å². The number of esters is 2. The Morgan fingerprint density at radius 2 is 0.729 bits per heavy atom. The van der Waals surface area contributed by atoms with E-state index in [9.17, 15) is 34.2 Å². The zero-order chi connectivity index (χ0) is 82.9. The molecule has 8 N–H and O–H groups in total. The molecule has 0 saturated heterocycles. The second kappa shape index (κ2) is 91.1. The molecule has 2 unspecified atom stereocenters. The van der Waals surface area contributed by atoms with Crippen molar-refractivity contribution in [2.75, 3.05) is 53.5 Å². The molecule has 4 fully saturated rings. The fourth-order valence-corrected chi connectivity index (χ4v) is 14.0. The molecule has 4 aliphatic carbocycles. The SMILES string of the molecule is C.C.C.C.CC(C)(C)OC(=O)NC1CCC(O)CC1.CC(C)(C)OC(=O)OC(=O)OC(C)(C)C.CCCCCCCCC(CCCCCC)COC(=O)CCCCCN(CCCCCC(=O)OCC(CCCCCC)CCCCCCCC)CCN(C)C1CCC(O)CC1.CNC1CCC(O)CC1.NC1CCC(O)CC1.[2H]CC.[AlH2].[AlH2].[AlH].[Al].[Li]. The molecule has 0 aromatic heterocycles. The van der Waals surface area contributed by atoms with E-state index in [2.05, 4.69) is 59.9 Å². The van der Waals surface area contributed by atoms with Gasteiger partial charge in [0.05, 0.1) is 55.0 Å². The minimum atomic E-state index is -1.06. The molecule has 0 spiro atoms. The number of ether oxygens (including phenoxy) is 6. The van der Waals surface area contributed by atoms with Gasteiger partial charge in [0, 0.05) is 87.7 Å². The number of hydrogen-bond acceptors (Lipinski definition) is 19. The first kappa shape index (κ1) is 138. The summed E-state index contributed by atoms with van der Waals surface area (Å²) >= 11 is 0. The van der Waals surface area contributed by atoms with E-state index in [1.807, 2.05) is 27.8 Å². The molecule has 25 heteroatoms. The van der Waals surface area contributed by atoms with Crippen LogP contribution < -0.4 is 16.4 Å². The van der Waals surface area contributed by atoms with Crippen molar-refractivity contribution < 1.29 is 74.2 Å². The molecule has 4 rings (SSSR count). The minimum absolute atomic E-state index is 0. The number of aliphatic hydroxyl groups excluding tert-OH is 4. The standard InChI is InChI=1S/C53H104N2O5.C11H21NO3.C10H18O5.C7H15NO.C6H13NO.C2H6.4CH4.4Al.Li.5H/c1-6-10-14-18-20-26-34-48(32-24-16-12-8-3)46-59-52(57)36-28-22-30-42-55(45-44-54(5)50-38-40-51(56)41-39-50)43-31-23-29-37-53(58)60-47-49(33-25-17-13-9-4)35-27-21-19-15-11-7-2;1-11(2,3)15-10(14)12-8-4-6-9(13)7-5-8;1-9(2,3)14-7(11)13-8(12)15-10(4,5)6;1-8-6-2-4-7(9)5-3-6;7-5-1-3-6(8)4-2-5;1-2;;;;;;;;;;;;;;/h48-51,56H,6-47H2,1-5H3;8-9,13H,4-7H2,1-3H3,(H,12,14);1-6H3;6-9H,2-5H2,1H3;5-6,8H,1-4,7H2;1-2H3;4*1H4;;;;;;;;;;/i;;;;;1D;;;;;;;;;;;;;;. The van der Waals surface area contributed by atoms with Gasteiger partial charge in [-0.1, -0.05) is 212 Å². The number of carbonyl (C=O) groups is 5. The maximum absolute atomic E-state index is 12.8. The molecule has 4 saturated carbocycles. The van der Waals surface area contributed by atoms with Gasteiger partial charge in [0.15, 0.2) is 0 Å². The van der Waals surface area contributed by atoms with Gasteiger partial charge in [0.1, 0.15) is 51.5 Å². The van der Waals surface area contributed by atoms with Gasteiger partial charge in [0.25, 0.3) is 0 Å². The van der Waals surface area contributed by atoms with Crippen LogP contribution >= 0.6 is 0 Å². The molecule has 4 aliphatic rings. The van der Waals surface area contributed by atoms with Gasteiger partial charge < -0.3 is 75.0 Å². The number of amides is 1. The quantitative estimate of drug-likeness (QED) is 0.00980. The number of unbranched alkanes of at least 4 members (excludes halogenated alkanes) is 20. The Labute approximate surface area is 785 Å². The zero-order valence-electron chi connectivity index (χ0n) is 78.7. The minimum Gasteiger partial charge on any atom is -0.465 e. The van der Waals surface area contributed by atoms with Gasteiger partial charge >= 0.3 is 30.3 Å². The van der Waals surface area contributed by atoms with Crippen LogP contribution in [0.15, 0.2) is 0 Å². The second-order valence-corrected chi connectivity index (χ2v) is 34.9. The number of nitrogens with one attached hydrogen (secondary N) is 2. The van der Waals surface area contributed by atoms with Crippen LogP contribution in [0.5, 0.6) is 0 Å². The normalized spacial score (nSPS) is 19.1. The van der Waals surface area contributed by atoms with Crippen molar-refractivity contribution in [2.24, 2.45) is 17.6 Å². The predicted molar refractivity (Wildman–Crippen MR) is 512 cm³/mol. The van der Waals surface area contributed by atoms with Gasteiger partial charge in [-0.05, 0) is 255 Å². The molecule has 0 aromatic rings. The molecular weight excluding hydrogens is 1540 g/mol. The van der Waals surface area contributed by atoms with Gasteiger partial charge in [-0.15, -0.1) is 0 Å². The first-order valence-corrected chi connectivity index (χ1v) is 44.5. The van der Waals surface area contributed by atoms with E-state index >= 15 is 0 Å². The van der Waals surface area contributed by atoms with E-state index < -0.39 is 29.1 Å². The summed E-state index contributed by atoms with van der Waals surface area (Å²) in [5.41, 5.74) is 3.75. The molecule has 0 aromatic carbocycles. The van der Waals surface area contributed by atoms with Gasteiger partial charge in [0.2, 0.25) is 0 Å². The Balaban J connectivity index is -0.000000176. The Bertz CT molecular complexity index is 2080. The molecule has 0 bridgehead atoms. The number of hydrogen-bond donors (Lipinski definition) is 7. The summed E-state index contributed by atoms with van der Waals surface area (Å²) in [4.78, 5) is 64.2. The summed E-state index contributed by atoms with van der Waals surface area (Å²) in [5.74, 6) is 1.02. The summed E-state index contributed by atoms with van der Waals surface area (Å²) in [6.45, 7) is 32.3. The molecule has 2 atom stereocenters. The number of rotatable bonds is 46. The van der Waals surface area contributed by atoms with E-state index in [1.165, 1.54) is 154 Å². The Hall–Kier alpha value is -0.643. The Kier molecular flexibility index (Phi) is 106. The van der Waals surface area contributed by atoms with E-state index in [1.54, 1.807) is 48.5 Å². The van der Waals surface area contributed by atoms with Crippen molar-refractivity contribution in [2.45, 2.75) is 507 Å². The van der Waals surface area contributed by atoms with Crippen LogP contribution in [0, 0.1) is 11.8 Å². The van der Waals surface area contributed by atoms with E-state index in [-0.39, 0.29) is 167 Å². The first-order chi connectivity index (χ1) is 52.2. The first-order valence-electron chi connectivity index (χ1n) is 45.2. The average Bonchev–Trinajstić information content (AvgIpc) is 0.902. The molecule has 0 aliphatic heterocycles. The summed E-state index contributed by atoms with van der Waals surface area (Å²) in [6, 6.07) is 1.74. The van der Waals surface area contributed by atoms with Crippen LogP contribution in [0.3, 0.4) is 0 Å². The molecule has 0 heterocycles. The monoisotopic (exact) mass is 1740 g/mol. The van der Waals surface area contributed by atoms with Crippen LogP contribution in [0.25, 0.3) is 0 Å². The summed E-state index contributed by atoms with van der Waals surface area (Å²) < 4.78 is 36.9. The van der Waals surface area contributed by atoms with Crippen LogP contribution in [0.2, 0.25) is 0 Å². The number of nitrogens with two attached hydrogens (primary N) is 1. The number of likely N-dealkylation sites (N-methyl/N-ethyl adjacent to an activating group) is 1. The van der Waals surface area contributed by atoms with Crippen molar-refractivity contribution in [1.29, 1.82) is 0 Å².